The minimum Gasteiger partial charge on any atom is -0.0844 e. The van der Waals surface area contributed by atoms with Gasteiger partial charge >= 0.3 is 0 Å². The molecule has 0 heterocycles. The molecule has 0 aliphatic carbocycles. The van der Waals surface area contributed by atoms with Gasteiger partial charge in [0.1, 0.15) is 0 Å². The second-order valence-electron chi connectivity index (χ2n) is 6.20. The third kappa shape index (κ3) is 10.9. The van der Waals surface area contributed by atoms with Crippen molar-refractivity contribution in [3.05, 3.63) is 56.5 Å². The van der Waals surface area contributed by atoms with Crippen molar-refractivity contribution >= 4 is 31.9 Å². The van der Waals surface area contributed by atoms with Crippen molar-refractivity contribution < 1.29 is 0 Å². The van der Waals surface area contributed by atoms with Crippen LogP contribution in [-0.2, 0) is 6.42 Å². The average Bonchev–Trinajstić information content (AvgIpc) is 2.53. The minimum atomic E-state index is 1.17. The number of unbranched alkanes of at least 4 members (excludes halogenated alkanes) is 6. The summed E-state index contributed by atoms with van der Waals surface area (Å²) in [7, 11) is 0. The molecule has 0 radical (unpaired) electrons. The molecule has 0 aliphatic rings. The zero-order valence-corrected chi connectivity index (χ0v) is 17.8. The second-order valence-corrected chi connectivity index (χ2v) is 8.36. The molecule has 1 aromatic carbocycles. The summed E-state index contributed by atoms with van der Waals surface area (Å²) in [4.78, 5) is 0. The van der Waals surface area contributed by atoms with Crippen molar-refractivity contribution in [2.45, 2.75) is 71.6 Å². The third-order valence-electron chi connectivity index (χ3n) is 4.10. The number of aryl methyl sites for hydroxylation is 1. The molecule has 0 aliphatic heterocycles. The molecule has 0 aromatic heterocycles. The predicted molar refractivity (Wildman–Crippen MR) is 111 cm³/mol. The number of allylic oxidation sites excluding steroid dienone is 4. The zero-order valence-electron chi connectivity index (χ0n) is 14.6. The van der Waals surface area contributed by atoms with E-state index >= 15 is 0 Å². The summed E-state index contributed by atoms with van der Waals surface area (Å²) in [6.07, 6.45) is 16.4. The lowest BCUT2D eigenvalue weighted by atomic mass is 10.0. The Morgan fingerprint density at radius 3 is 2.04 bits per heavy atom. The average molecular weight is 442 g/mol. The van der Waals surface area contributed by atoms with E-state index in [4.69, 9.17) is 0 Å². The topological polar surface area (TPSA) is 0 Å². The number of hydrogen-bond acceptors (Lipinski definition) is 0. The Labute approximate surface area is 159 Å². The SMILES string of the molecule is CC=C(C=C(C)Br)CCCCCCCCCc1ccc(Br)cc1. The molecule has 23 heavy (non-hydrogen) atoms. The lowest BCUT2D eigenvalue weighted by Crippen LogP contribution is -1.87. The zero-order chi connectivity index (χ0) is 16.9. The summed E-state index contributed by atoms with van der Waals surface area (Å²) in [5, 5.41) is 0. The van der Waals surface area contributed by atoms with Gasteiger partial charge in [-0.2, -0.15) is 0 Å². The van der Waals surface area contributed by atoms with E-state index in [0.717, 1.165) is 0 Å². The number of hydrogen-bond donors (Lipinski definition) is 0. The third-order valence-corrected chi connectivity index (χ3v) is 4.86. The van der Waals surface area contributed by atoms with Crippen LogP contribution in [0.15, 0.2) is 50.9 Å². The molecule has 1 aromatic rings. The standard InChI is InChI=1S/C21H30Br2/c1-3-19(17-18(2)22)11-9-7-5-4-6-8-10-12-20-13-15-21(23)16-14-20/h3,13-17H,4-12H2,1-2H3. The van der Waals surface area contributed by atoms with Crippen LogP contribution in [0.5, 0.6) is 0 Å². The van der Waals surface area contributed by atoms with Crippen LogP contribution < -0.4 is 0 Å². The van der Waals surface area contributed by atoms with E-state index in [1.54, 1.807) is 0 Å². The largest absolute Gasteiger partial charge is 0.0844 e. The van der Waals surface area contributed by atoms with Crippen molar-refractivity contribution in [2.24, 2.45) is 0 Å². The van der Waals surface area contributed by atoms with Crippen molar-refractivity contribution in [3.8, 4) is 0 Å². The van der Waals surface area contributed by atoms with E-state index in [1.807, 2.05) is 0 Å². The van der Waals surface area contributed by atoms with E-state index in [1.165, 1.54) is 77.9 Å². The van der Waals surface area contributed by atoms with Crippen LogP contribution in [0.25, 0.3) is 0 Å². The summed E-state index contributed by atoms with van der Waals surface area (Å²) in [6, 6.07) is 8.74. The Balaban J connectivity index is 1.97. The molecule has 0 bridgehead atoms. The molecule has 0 N–H and O–H groups in total. The summed E-state index contributed by atoms with van der Waals surface area (Å²) in [5.74, 6) is 0. The van der Waals surface area contributed by atoms with Gasteiger partial charge in [-0.3, -0.25) is 0 Å². The quantitative estimate of drug-likeness (QED) is 0.239. The summed E-state index contributed by atoms with van der Waals surface area (Å²) >= 11 is 7.00. The Morgan fingerprint density at radius 2 is 1.48 bits per heavy atom. The highest BCUT2D eigenvalue weighted by Crippen LogP contribution is 2.17. The highest BCUT2D eigenvalue weighted by molar-refractivity contribution is 9.11. The van der Waals surface area contributed by atoms with Gasteiger partial charge in [-0.05, 0) is 67.8 Å². The van der Waals surface area contributed by atoms with Gasteiger partial charge in [0.2, 0.25) is 0 Å². The lowest BCUT2D eigenvalue weighted by molar-refractivity contribution is 0.579. The first-order valence-electron chi connectivity index (χ1n) is 8.85. The highest BCUT2D eigenvalue weighted by atomic mass is 79.9. The Bertz CT molecular complexity index is 479. The molecule has 0 saturated heterocycles. The maximum Gasteiger partial charge on any atom is 0.0175 e. The van der Waals surface area contributed by atoms with Crippen LogP contribution in [0, 0.1) is 0 Å². The van der Waals surface area contributed by atoms with Gasteiger partial charge in [0.05, 0.1) is 0 Å². The van der Waals surface area contributed by atoms with E-state index in [0.29, 0.717) is 0 Å². The molecule has 2 heteroatoms. The Hall–Kier alpha value is -0.340. The van der Waals surface area contributed by atoms with Gasteiger partial charge in [-0.15, -0.1) is 0 Å². The molecule has 0 nitrogen and oxygen atoms in total. The summed E-state index contributed by atoms with van der Waals surface area (Å²) in [5.41, 5.74) is 2.91. The monoisotopic (exact) mass is 440 g/mol. The second kappa shape index (κ2) is 13.0. The van der Waals surface area contributed by atoms with Crippen molar-refractivity contribution in [2.75, 3.05) is 0 Å². The van der Waals surface area contributed by atoms with Crippen LogP contribution in [0.3, 0.4) is 0 Å². The van der Waals surface area contributed by atoms with Crippen molar-refractivity contribution in [1.82, 2.24) is 0 Å². The van der Waals surface area contributed by atoms with Gasteiger partial charge in [0.15, 0.2) is 0 Å². The van der Waals surface area contributed by atoms with Gasteiger partial charge in [-0.1, -0.05) is 87.7 Å². The van der Waals surface area contributed by atoms with E-state index < -0.39 is 0 Å². The molecule has 0 amide bonds. The molecule has 0 fully saturated rings. The molecule has 1 rings (SSSR count). The fourth-order valence-electron chi connectivity index (χ4n) is 2.75. The van der Waals surface area contributed by atoms with E-state index in [9.17, 15) is 0 Å². The van der Waals surface area contributed by atoms with Gasteiger partial charge in [-0.25, -0.2) is 0 Å². The van der Waals surface area contributed by atoms with E-state index in [2.05, 4.69) is 82.1 Å². The molecular formula is C21H30Br2. The fraction of sp³-hybridized carbons (Fsp3) is 0.524. The normalized spacial score (nSPS) is 12.7. The Morgan fingerprint density at radius 1 is 0.913 bits per heavy atom. The maximum atomic E-state index is 3.51. The van der Waals surface area contributed by atoms with Crippen LogP contribution in [0.1, 0.15) is 70.8 Å². The van der Waals surface area contributed by atoms with Gasteiger partial charge < -0.3 is 0 Å². The molecule has 0 saturated carbocycles. The van der Waals surface area contributed by atoms with E-state index in [-0.39, 0.29) is 0 Å². The van der Waals surface area contributed by atoms with Crippen LogP contribution in [0.4, 0.5) is 0 Å². The first kappa shape index (κ1) is 20.7. The summed E-state index contributed by atoms with van der Waals surface area (Å²) < 4.78 is 2.39. The number of halogens is 2. The molecule has 0 unspecified atom stereocenters. The van der Waals surface area contributed by atoms with Gasteiger partial charge in [0, 0.05) is 4.47 Å². The molecule has 128 valence electrons. The van der Waals surface area contributed by atoms with Crippen LogP contribution >= 0.6 is 31.9 Å². The molecule has 0 atom stereocenters. The van der Waals surface area contributed by atoms with Crippen LogP contribution in [0.2, 0.25) is 0 Å². The smallest absolute Gasteiger partial charge is 0.0175 e. The van der Waals surface area contributed by atoms with Crippen molar-refractivity contribution in [1.29, 1.82) is 0 Å². The van der Waals surface area contributed by atoms with Crippen LogP contribution in [-0.4, -0.2) is 0 Å². The molecular weight excluding hydrogens is 412 g/mol. The van der Waals surface area contributed by atoms with Crippen molar-refractivity contribution in [3.63, 3.8) is 0 Å². The fourth-order valence-corrected chi connectivity index (χ4v) is 3.31. The maximum absolute atomic E-state index is 3.51. The minimum absolute atomic E-state index is 1.17. The number of rotatable bonds is 11. The van der Waals surface area contributed by atoms with Gasteiger partial charge in [0.25, 0.3) is 0 Å². The first-order chi connectivity index (χ1) is 11.1. The lowest BCUT2D eigenvalue weighted by Gasteiger charge is -2.04. The summed E-state index contributed by atoms with van der Waals surface area (Å²) in [6.45, 7) is 4.23. The molecule has 0 spiro atoms. The highest BCUT2D eigenvalue weighted by Gasteiger charge is 1.97. The number of benzene rings is 1. The Kier molecular flexibility index (Phi) is 11.7. The first-order valence-corrected chi connectivity index (χ1v) is 10.4. The predicted octanol–water partition coefficient (Wildman–Crippen LogP) is 8.36.